The van der Waals surface area contributed by atoms with Crippen molar-refractivity contribution in [2.45, 2.75) is 18.7 Å². The lowest BCUT2D eigenvalue weighted by Crippen LogP contribution is -2.34. The Bertz CT molecular complexity index is 991. The summed E-state index contributed by atoms with van der Waals surface area (Å²) in [5.74, 6) is -0.687. The number of halogens is 3. The third kappa shape index (κ3) is 3.85. The lowest BCUT2D eigenvalue weighted by molar-refractivity contribution is -0.156. The lowest BCUT2D eigenvalue weighted by atomic mass is 10.3. The first-order chi connectivity index (χ1) is 13.4. The Morgan fingerprint density at radius 2 is 2.18 bits per heavy atom. The highest BCUT2D eigenvalue weighted by atomic mass is 19.4. The Morgan fingerprint density at radius 1 is 1.32 bits per heavy atom. The van der Waals surface area contributed by atoms with Crippen molar-refractivity contribution >= 4 is 22.8 Å². The van der Waals surface area contributed by atoms with Crippen LogP contribution in [0.4, 0.5) is 23.7 Å². The number of ether oxygens (including phenoxy) is 1. The van der Waals surface area contributed by atoms with Gasteiger partial charge in [0.25, 0.3) is 0 Å². The van der Waals surface area contributed by atoms with Crippen molar-refractivity contribution in [1.82, 2.24) is 14.9 Å². The van der Waals surface area contributed by atoms with E-state index in [0.29, 0.717) is 30.9 Å². The summed E-state index contributed by atoms with van der Waals surface area (Å²) in [7, 11) is 0. The molecule has 1 unspecified atom stereocenters. The van der Waals surface area contributed by atoms with E-state index in [2.05, 4.69) is 19.7 Å². The van der Waals surface area contributed by atoms with Gasteiger partial charge in [-0.05, 0) is 30.3 Å². The number of hydrogen-bond donors (Lipinski definition) is 1. The molecule has 146 valence electrons. The number of amides is 2. The number of pyridine rings is 1. The minimum Gasteiger partial charge on any atom is -0.487 e. The smallest absolute Gasteiger partial charge is 0.468 e. The zero-order chi connectivity index (χ0) is 19.7. The summed E-state index contributed by atoms with van der Waals surface area (Å²) in [6, 6.07) is 7.33. The predicted octanol–water partition coefficient (Wildman–Crippen LogP) is 3.93. The number of carbonyl (C=O) groups is 1. The SMILES string of the molecule is O=C(Nc1ccc2oc(C(F)(F)F)nc2c1)N1CCC(Oc2cccnc2)C1. The molecule has 0 bridgehead atoms. The highest BCUT2D eigenvalue weighted by Gasteiger charge is 2.37. The van der Waals surface area contributed by atoms with Crippen molar-refractivity contribution in [1.29, 1.82) is 0 Å². The van der Waals surface area contributed by atoms with Gasteiger partial charge in [0.2, 0.25) is 0 Å². The Hall–Kier alpha value is -3.30. The maximum atomic E-state index is 12.7. The molecule has 0 saturated carbocycles. The van der Waals surface area contributed by atoms with E-state index in [1.165, 1.54) is 18.2 Å². The molecular weight excluding hydrogens is 377 g/mol. The van der Waals surface area contributed by atoms with E-state index in [9.17, 15) is 18.0 Å². The molecule has 1 atom stereocenters. The highest BCUT2D eigenvalue weighted by Crippen LogP contribution is 2.32. The molecule has 0 radical (unpaired) electrons. The molecule has 1 fully saturated rings. The Kier molecular flexibility index (Phi) is 4.54. The van der Waals surface area contributed by atoms with Crippen LogP contribution in [0.25, 0.3) is 11.1 Å². The van der Waals surface area contributed by atoms with Crippen molar-refractivity contribution in [3.05, 3.63) is 48.6 Å². The van der Waals surface area contributed by atoms with Gasteiger partial charge in [-0.25, -0.2) is 9.78 Å². The van der Waals surface area contributed by atoms with Crippen LogP contribution in [0.1, 0.15) is 12.3 Å². The summed E-state index contributed by atoms with van der Waals surface area (Å²) >= 11 is 0. The maximum absolute atomic E-state index is 12.7. The minimum atomic E-state index is -4.67. The molecule has 2 aromatic heterocycles. The summed E-state index contributed by atoms with van der Waals surface area (Å²) in [6.07, 6.45) is -0.904. The molecule has 28 heavy (non-hydrogen) atoms. The van der Waals surface area contributed by atoms with E-state index in [1.807, 2.05) is 0 Å². The first kappa shape index (κ1) is 18.1. The van der Waals surface area contributed by atoms with Gasteiger partial charge in [-0.2, -0.15) is 13.2 Å². The molecule has 1 N–H and O–H groups in total. The third-order valence-corrected chi connectivity index (χ3v) is 4.25. The Morgan fingerprint density at radius 3 is 2.93 bits per heavy atom. The van der Waals surface area contributed by atoms with Gasteiger partial charge < -0.3 is 19.4 Å². The van der Waals surface area contributed by atoms with Gasteiger partial charge >= 0.3 is 18.1 Å². The molecule has 0 aliphatic carbocycles. The number of hydrogen-bond acceptors (Lipinski definition) is 5. The molecule has 3 heterocycles. The van der Waals surface area contributed by atoms with Crippen molar-refractivity contribution in [3.63, 3.8) is 0 Å². The molecule has 0 spiro atoms. The second-order valence-corrected chi connectivity index (χ2v) is 6.29. The van der Waals surface area contributed by atoms with Crippen LogP contribution in [0.15, 0.2) is 47.1 Å². The van der Waals surface area contributed by atoms with Gasteiger partial charge in [0, 0.05) is 24.8 Å². The quantitative estimate of drug-likeness (QED) is 0.731. The van der Waals surface area contributed by atoms with Gasteiger partial charge in [-0.3, -0.25) is 4.98 Å². The van der Waals surface area contributed by atoms with Crippen LogP contribution in [0, 0.1) is 0 Å². The van der Waals surface area contributed by atoms with Crippen LogP contribution >= 0.6 is 0 Å². The summed E-state index contributed by atoms with van der Waals surface area (Å²) in [5.41, 5.74) is 0.344. The molecule has 1 aliphatic heterocycles. The lowest BCUT2D eigenvalue weighted by Gasteiger charge is -2.18. The van der Waals surface area contributed by atoms with Crippen molar-refractivity contribution < 1.29 is 27.1 Å². The fourth-order valence-corrected chi connectivity index (χ4v) is 2.95. The van der Waals surface area contributed by atoms with Gasteiger partial charge in [0.1, 0.15) is 17.4 Å². The first-order valence-electron chi connectivity index (χ1n) is 8.49. The second kappa shape index (κ2) is 7.02. The number of urea groups is 1. The standard InChI is InChI=1S/C18H15F3N4O3/c19-18(20,21)16-24-14-8-11(3-4-15(14)28-16)23-17(26)25-7-5-13(10-25)27-12-2-1-6-22-9-12/h1-4,6,8-9,13H,5,7,10H2,(H,23,26). The van der Waals surface area contributed by atoms with E-state index in [4.69, 9.17) is 4.74 Å². The monoisotopic (exact) mass is 392 g/mol. The summed E-state index contributed by atoms with van der Waals surface area (Å²) in [6.45, 7) is 0.895. The zero-order valence-electron chi connectivity index (χ0n) is 14.4. The number of nitrogens with zero attached hydrogens (tertiary/aromatic N) is 3. The molecular formula is C18H15F3N4O3. The van der Waals surface area contributed by atoms with E-state index in [-0.39, 0.29) is 23.2 Å². The number of anilines is 1. The molecule has 4 rings (SSSR count). The fourth-order valence-electron chi connectivity index (χ4n) is 2.95. The molecule has 2 amide bonds. The number of carbonyl (C=O) groups excluding carboxylic acids is 1. The van der Waals surface area contributed by atoms with Crippen molar-refractivity contribution in [3.8, 4) is 5.75 Å². The van der Waals surface area contributed by atoms with Crippen LogP contribution in [0.3, 0.4) is 0 Å². The molecule has 7 nitrogen and oxygen atoms in total. The van der Waals surface area contributed by atoms with Crippen LogP contribution in [0.2, 0.25) is 0 Å². The summed E-state index contributed by atoms with van der Waals surface area (Å²) in [5, 5.41) is 2.66. The average molecular weight is 392 g/mol. The predicted molar refractivity (Wildman–Crippen MR) is 92.9 cm³/mol. The number of fused-ring (bicyclic) bond motifs is 1. The van der Waals surface area contributed by atoms with Crippen molar-refractivity contribution in [2.24, 2.45) is 0 Å². The van der Waals surface area contributed by atoms with Gasteiger partial charge in [0.05, 0.1) is 12.7 Å². The topological polar surface area (TPSA) is 80.5 Å². The fraction of sp³-hybridized carbons (Fsp3) is 0.278. The van der Waals surface area contributed by atoms with E-state index >= 15 is 0 Å². The average Bonchev–Trinajstić information content (AvgIpc) is 3.29. The number of nitrogens with one attached hydrogen (secondary N) is 1. The Balaban J connectivity index is 1.39. The molecule has 1 saturated heterocycles. The molecule has 3 aromatic rings. The number of benzene rings is 1. The van der Waals surface area contributed by atoms with Gasteiger partial charge in [-0.1, -0.05) is 0 Å². The largest absolute Gasteiger partial charge is 0.487 e. The highest BCUT2D eigenvalue weighted by molar-refractivity contribution is 5.91. The minimum absolute atomic E-state index is 0.00330. The maximum Gasteiger partial charge on any atom is 0.468 e. The molecule has 1 aromatic carbocycles. The normalized spacial score (nSPS) is 17.1. The van der Waals surface area contributed by atoms with Crippen LogP contribution < -0.4 is 10.1 Å². The number of oxazole rings is 1. The van der Waals surface area contributed by atoms with Crippen LogP contribution in [-0.4, -0.2) is 40.1 Å². The second-order valence-electron chi connectivity index (χ2n) is 6.29. The zero-order valence-corrected chi connectivity index (χ0v) is 14.4. The number of rotatable bonds is 3. The molecule has 10 heteroatoms. The van der Waals surface area contributed by atoms with E-state index < -0.39 is 12.1 Å². The van der Waals surface area contributed by atoms with Gasteiger partial charge in [-0.15, -0.1) is 0 Å². The molecule has 1 aliphatic rings. The Labute approximate surface area is 157 Å². The third-order valence-electron chi connectivity index (χ3n) is 4.25. The van der Waals surface area contributed by atoms with Crippen molar-refractivity contribution in [2.75, 3.05) is 18.4 Å². The summed E-state index contributed by atoms with van der Waals surface area (Å²) < 4.78 is 48.5. The van der Waals surface area contributed by atoms with Crippen LogP contribution in [-0.2, 0) is 6.18 Å². The summed E-state index contributed by atoms with van der Waals surface area (Å²) in [4.78, 5) is 21.4. The van der Waals surface area contributed by atoms with Crippen LogP contribution in [0.5, 0.6) is 5.75 Å². The van der Waals surface area contributed by atoms with Gasteiger partial charge in [0.15, 0.2) is 5.58 Å². The van der Waals surface area contributed by atoms with E-state index in [0.717, 1.165) is 0 Å². The number of likely N-dealkylation sites (tertiary alicyclic amines) is 1. The van der Waals surface area contributed by atoms with E-state index in [1.54, 1.807) is 29.4 Å². The number of aromatic nitrogens is 2. The first-order valence-corrected chi connectivity index (χ1v) is 8.49. The number of alkyl halides is 3.